The maximum absolute atomic E-state index is 13.2. The zero-order valence-corrected chi connectivity index (χ0v) is 19.7. The van der Waals surface area contributed by atoms with E-state index in [0.29, 0.717) is 15.6 Å². The summed E-state index contributed by atoms with van der Waals surface area (Å²) in [7, 11) is 1.42. The van der Waals surface area contributed by atoms with Crippen molar-refractivity contribution in [2.24, 2.45) is 0 Å². The molecule has 7 heteroatoms. The summed E-state index contributed by atoms with van der Waals surface area (Å²) in [5, 5.41) is 21.4. The van der Waals surface area contributed by atoms with E-state index in [1.807, 2.05) is 49.4 Å². The monoisotopic (exact) mass is 507 g/mol. The minimum Gasteiger partial charge on any atom is -0.507 e. The number of hydrogen-bond acceptors (Lipinski definition) is 5. The van der Waals surface area contributed by atoms with Gasteiger partial charge in [-0.15, -0.1) is 0 Å². The predicted octanol–water partition coefficient (Wildman–Crippen LogP) is 5.09. The van der Waals surface area contributed by atoms with Gasteiger partial charge < -0.3 is 19.8 Å². The van der Waals surface area contributed by atoms with E-state index in [1.165, 1.54) is 12.0 Å². The molecule has 2 N–H and O–H groups in total. The molecule has 0 bridgehead atoms. The maximum Gasteiger partial charge on any atom is 0.295 e. The fourth-order valence-electron chi connectivity index (χ4n) is 3.94. The van der Waals surface area contributed by atoms with Crippen LogP contribution in [0.3, 0.4) is 0 Å². The number of aliphatic hydroxyl groups excluding tert-OH is 1. The second-order valence-corrected chi connectivity index (χ2v) is 8.69. The first-order valence-corrected chi connectivity index (χ1v) is 11.1. The normalized spacial score (nSPS) is 17.4. The molecule has 1 atom stereocenters. The third-order valence-electron chi connectivity index (χ3n) is 5.65. The highest BCUT2D eigenvalue weighted by atomic mass is 79.9. The van der Waals surface area contributed by atoms with Crippen molar-refractivity contribution in [3.05, 3.63) is 99.0 Å². The highest BCUT2D eigenvalue weighted by molar-refractivity contribution is 9.10. The van der Waals surface area contributed by atoms with E-state index in [0.717, 1.165) is 11.1 Å². The lowest BCUT2D eigenvalue weighted by atomic mass is 9.94. The van der Waals surface area contributed by atoms with Crippen LogP contribution in [-0.4, -0.2) is 33.9 Å². The lowest BCUT2D eigenvalue weighted by Crippen LogP contribution is -2.29. The number of ketones is 1. The summed E-state index contributed by atoms with van der Waals surface area (Å²) in [5.74, 6) is -1.64. The number of aryl methyl sites for hydroxylation is 1. The number of nitrogens with zero attached hydrogens (tertiary/aromatic N) is 1. The van der Waals surface area contributed by atoms with E-state index in [9.17, 15) is 19.8 Å². The van der Waals surface area contributed by atoms with E-state index in [4.69, 9.17) is 4.74 Å². The van der Waals surface area contributed by atoms with Gasteiger partial charge in [0.05, 0.1) is 23.2 Å². The van der Waals surface area contributed by atoms with Crippen molar-refractivity contribution in [1.82, 2.24) is 4.90 Å². The molecule has 1 aliphatic rings. The number of phenolic OH excluding ortho intramolecular Hbond substituents is 1. The SMILES string of the molecule is COc1cc(C2/C(=C(\O)c3ccc(C)cc3)C(=O)C(=O)N2Cc2ccccc2)cc(Br)c1O. The lowest BCUT2D eigenvalue weighted by Gasteiger charge is -2.26. The van der Waals surface area contributed by atoms with Gasteiger partial charge in [-0.3, -0.25) is 9.59 Å². The van der Waals surface area contributed by atoms with Crippen LogP contribution in [-0.2, 0) is 16.1 Å². The van der Waals surface area contributed by atoms with Gasteiger partial charge in [-0.25, -0.2) is 0 Å². The lowest BCUT2D eigenvalue weighted by molar-refractivity contribution is -0.140. The van der Waals surface area contributed by atoms with E-state index in [-0.39, 0.29) is 29.4 Å². The highest BCUT2D eigenvalue weighted by Crippen LogP contribution is 2.44. The fraction of sp³-hybridized carbons (Fsp3) is 0.154. The van der Waals surface area contributed by atoms with Gasteiger partial charge in [-0.2, -0.15) is 0 Å². The number of likely N-dealkylation sites (tertiary alicyclic amines) is 1. The van der Waals surface area contributed by atoms with Gasteiger partial charge in [-0.1, -0.05) is 60.2 Å². The third kappa shape index (κ3) is 4.24. The van der Waals surface area contributed by atoms with Crippen LogP contribution in [0.15, 0.2) is 76.8 Å². The topological polar surface area (TPSA) is 87.1 Å². The van der Waals surface area contributed by atoms with Crippen LogP contribution in [0.4, 0.5) is 0 Å². The Balaban J connectivity index is 1.92. The van der Waals surface area contributed by atoms with Crippen molar-refractivity contribution in [3.8, 4) is 11.5 Å². The summed E-state index contributed by atoms with van der Waals surface area (Å²) in [6.45, 7) is 2.09. The number of carbonyl (C=O) groups excluding carboxylic acids is 2. The Bertz CT molecular complexity index is 1250. The number of aliphatic hydroxyl groups is 1. The fourth-order valence-corrected chi connectivity index (χ4v) is 4.40. The van der Waals surface area contributed by atoms with Gasteiger partial charge in [0.25, 0.3) is 11.7 Å². The molecule has 1 aliphatic heterocycles. The molecule has 6 nitrogen and oxygen atoms in total. The number of halogens is 1. The van der Waals surface area contributed by atoms with Crippen LogP contribution in [0, 0.1) is 6.92 Å². The first-order valence-electron chi connectivity index (χ1n) is 10.3. The summed E-state index contributed by atoms with van der Waals surface area (Å²) in [4.78, 5) is 27.7. The molecule has 1 fully saturated rings. The summed E-state index contributed by atoms with van der Waals surface area (Å²) in [6.07, 6.45) is 0. The van der Waals surface area contributed by atoms with Gasteiger partial charge >= 0.3 is 0 Å². The van der Waals surface area contributed by atoms with E-state index >= 15 is 0 Å². The summed E-state index contributed by atoms with van der Waals surface area (Å²) in [5.41, 5.74) is 2.78. The van der Waals surface area contributed by atoms with Crippen LogP contribution in [0.1, 0.15) is 28.3 Å². The molecule has 4 rings (SSSR count). The third-order valence-corrected chi connectivity index (χ3v) is 6.25. The number of ether oxygens (including phenoxy) is 1. The van der Waals surface area contributed by atoms with Crippen LogP contribution in [0.2, 0.25) is 0 Å². The number of phenols is 1. The van der Waals surface area contributed by atoms with Gasteiger partial charge in [0.15, 0.2) is 11.5 Å². The molecule has 1 unspecified atom stereocenters. The second kappa shape index (κ2) is 9.11. The highest BCUT2D eigenvalue weighted by Gasteiger charge is 2.46. The molecule has 0 spiro atoms. The number of Topliss-reactive ketones (excluding diaryl/α,β-unsaturated/α-hetero) is 1. The Kier molecular flexibility index (Phi) is 6.24. The van der Waals surface area contributed by atoms with Crippen molar-refractivity contribution in [2.75, 3.05) is 7.11 Å². The first-order chi connectivity index (χ1) is 15.8. The molecular weight excluding hydrogens is 486 g/mol. The van der Waals surface area contributed by atoms with Gasteiger partial charge in [0, 0.05) is 12.1 Å². The Morgan fingerprint density at radius 3 is 2.36 bits per heavy atom. The van der Waals surface area contributed by atoms with Crippen molar-refractivity contribution in [2.45, 2.75) is 19.5 Å². The van der Waals surface area contributed by atoms with E-state index in [2.05, 4.69) is 15.9 Å². The zero-order valence-electron chi connectivity index (χ0n) is 18.1. The number of benzene rings is 3. The smallest absolute Gasteiger partial charge is 0.295 e. The number of carbonyl (C=O) groups is 2. The van der Waals surface area contributed by atoms with Gasteiger partial charge in [0.2, 0.25) is 0 Å². The molecule has 0 saturated carbocycles. The molecule has 0 radical (unpaired) electrons. The van der Waals surface area contributed by atoms with Crippen LogP contribution in [0.25, 0.3) is 5.76 Å². The van der Waals surface area contributed by atoms with Gasteiger partial charge in [-0.05, 0) is 46.1 Å². The Morgan fingerprint density at radius 1 is 1.06 bits per heavy atom. The summed E-state index contributed by atoms with van der Waals surface area (Å²) >= 11 is 3.31. The standard InChI is InChI=1S/C26H22BrNO5/c1-15-8-10-17(11-9-15)23(29)21-22(18-12-19(27)24(30)20(13-18)33-2)28(26(32)25(21)31)14-16-6-4-3-5-7-16/h3-13,22,29-30H,14H2,1-2H3/b23-21+. The van der Waals surface area contributed by atoms with Crippen molar-refractivity contribution < 1.29 is 24.5 Å². The van der Waals surface area contributed by atoms with Crippen LogP contribution >= 0.6 is 15.9 Å². The number of hydrogen-bond donors (Lipinski definition) is 2. The molecule has 3 aromatic carbocycles. The minimum atomic E-state index is -0.877. The average Bonchev–Trinajstić information content (AvgIpc) is 3.06. The van der Waals surface area contributed by atoms with Crippen molar-refractivity contribution >= 4 is 33.4 Å². The second-order valence-electron chi connectivity index (χ2n) is 7.83. The molecular formula is C26H22BrNO5. The predicted molar refractivity (Wildman–Crippen MR) is 128 cm³/mol. The molecule has 1 amide bonds. The Labute approximate surface area is 199 Å². The molecule has 3 aromatic rings. The zero-order chi connectivity index (χ0) is 23.7. The van der Waals surface area contributed by atoms with Crippen LogP contribution in [0.5, 0.6) is 11.5 Å². The van der Waals surface area contributed by atoms with Gasteiger partial charge in [0.1, 0.15) is 5.76 Å². The number of rotatable bonds is 5. The van der Waals surface area contributed by atoms with Crippen LogP contribution < -0.4 is 4.74 Å². The molecule has 0 aromatic heterocycles. The average molecular weight is 508 g/mol. The van der Waals surface area contributed by atoms with E-state index < -0.39 is 17.7 Å². The minimum absolute atomic E-state index is 0.0144. The molecule has 0 aliphatic carbocycles. The molecule has 1 saturated heterocycles. The maximum atomic E-state index is 13.2. The number of methoxy groups -OCH3 is 1. The first kappa shape index (κ1) is 22.6. The van der Waals surface area contributed by atoms with Crippen molar-refractivity contribution in [1.29, 1.82) is 0 Å². The van der Waals surface area contributed by atoms with E-state index in [1.54, 1.807) is 24.3 Å². The number of amides is 1. The number of aromatic hydroxyl groups is 1. The molecule has 168 valence electrons. The molecule has 33 heavy (non-hydrogen) atoms. The Morgan fingerprint density at radius 2 is 1.73 bits per heavy atom. The quantitative estimate of drug-likeness (QED) is 0.285. The Hall–Kier alpha value is -3.58. The summed E-state index contributed by atoms with van der Waals surface area (Å²) < 4.78 is 5.62. The summed E-state index contributed by atoms with van der Waals surface area (Å²) in [6, 6.07) is 18.7. The largest absolute Gasteiger partial charge is 0.507 e. The molecule has 1 heterocycles. The van der Waals surface area contributed by atoms with Crippen molar-refractivity contribution in [3.63, 3.8) is 0 Å².